The normalized spacial score (nSPS) is 16.8. The standard InChI is InChI=1S/C15H29N3O4.C9H6Cl2N4.C2H6/c1-14(2,3)21-12(19)17-10-7-11(9-16-8-10)18-13(20)22-15(4,5)6;10-7-13-8(11)15-9(14-7)12-6-4-2-1-3-5-6;1-2/h10-11,16H,7-9H2,1-6H3,(H,17,19)(H,18,20);1-5H,(H,12,13,14,15);1-2H3. The number of hydrogen-bond acceptors (Lipinski definition) is 9. The molecule has 2 unspecified atom stereocenters. The number of nitrogens with zero attached hydrogens (tertiary/aromatic N) is 3. The molecule has 11 nitrogen and oxygen atoms in total. The molecule has 218 valence electrons. The Hall–Kier alpha value is -2.89. The number of aromatic nitrogens is 3. The smallest absolute Gasteiger partial charge is 0.407 e. The molecule has 0 aliphatic carbocycles. The highest BCUT2D eigenvalue weighted by Crippen LogP contribution is 2.15. The van der Waals surface area contributed by atoms with E-state index in [4.69, 9.17) is 32.7 Å². The Morgan fingerprint density at radius 2 is 1.26 bits per heavy atom. The van der Waals surface area contributed by atoms with Gasteiger partial charge in [0.15, 0.2) is 0 Å². The largest absolute Gasteiger partial charge is 0.444 e. The Bertz CT molecular complexity index is 975. The van der Waals surface area contributed by atoms with Crippen LogP contribution in [0.5, 0.6) is 0 Å². The zero-order chi connectivity index (χ0) is 29.6. The average Bonchev–Trinajstić information content (AvgIpc) is 2.78. The third kappa shape index (κ3) is 16.0. The van der Waals surface area contributed by atoms with Crippen molar-refractivity contribution >= 4 is 47.0 Å². The fourth-order valence-electron chi connectivity index (χ4n) is 3.14. The van der Waals surface area contributed by atoms with Gasteiger partial charge in [-0.2, -0.15) is 15.0 Å². The highest BCUT2D eigenvalue weighted by molar-refractivity contribution is 6.31. The molecule has 3 rings (SSSR count). The van der Waals surface area contributed by atoms with Gasteiger partial charge < -0.3 is 30.7 Å². The molecule has 13 heteroatoms. The predicted octanol–water partition coefficient (Wildman–Crippen LogP) is 5.71. The topological polar surface area (TPSA) is 139 Å². The second-order valence-electron chi connectivity index (χ2n) is 10.3. The van der Waals surface area contributed by atoms with E-state index in [9.17, 15) is 9.59 Å². The number of anilines is 2. The highest BCUT2D eigenvalue weighted by Gasteiger charge is 2.27. The van der Waals surface area contributed by atoms with E-state index in [0.717, 1.165) is 5.69 Å². The molecule has 1 aliphatic rings. The van der Waals surface area contributed by atoms with E-state index in [-0.39, 0.29) is 22.7 Å². The summed E-state index contributed by atoms with van der Waals surface area (Å²) in [4.78, 5) is 34.9. The summed E-state index contributed by atoms with van der Waals surface area (Å²) in [6.07, 6.45) is -0.264. The molecule has 1 aromatic carbocycles. The van der Waals surface area contributed by atoms with Crippen molar-refractivity contribution in [2.75, 3.05) is 18.4 Å². The van der Waals surface area contributed by atoms with Crippen LogP contribution in [0.15, 0.2) is 30.3 Å². The zero-order valence-corrected chi connectivity index (χ0v) is 25.4. The van der Waals surface area contributed by atoms with Crippen molar-refractivity contribution in [2.24, 2.45) is 0 Å². The molecule has 2 aromatic rings. The third-order valence-electron chi connectivity index (χ3n) is 4.40. The van der Waals surface area contributed by atoms with Gasteiger partial charge in [-0.1, -0.05) is 32.0 Å². The second kappa shape index (κ2) is 16.3. The Labute approximate surface area is 241 Å². The highest BCUT2D eigenvalue weighted by atomic mass is 35.5. The summed E-state index contributed by atoms with van der Waals surface area (Å²) in [6.45, 7) is 16.2. The summed E-state index contributed by atoms with van der Waals surface area (Å²) in [6, 6.07) is 9.28. The molecule has 0 radical (unpaired) electrons. The van der Waals surface area contributed by atoms with E-state index in [1.54, 1.807) is 0 Å². The van der Waals surface area contributed by atoms with Gasteiger partial charge in [-0.25, -0.2) is 9.59 Å². The van der Waals surface area contributed by atoms with Crippen LogP contribution >= 0.6 is 23.2 Å². The Morgan fingerprint density at radius 3 is 1.67 bits per heavy atom. The number of carbonyl (C=O) groups excluding carboxylic acids is 2. The number of piperidine rings is 1. The molecule has 39 heavy (non-hydrogen) atoms. The molecule has 1 saturated heterocycles. The van der Waals surface area contributed by atoms with Gasteiger partial charge in [0.05, 0.1) is 0 Å². The van der Waals surface area contributed by atoms with Crippen molar-refractivity contribution in [3.05, 3.63) is 40.9 Å². The summed E-state index contributed by atoms with van der Waals surface area (Å²) in [5.41, 5.74) is -0.198. The lowest BCUT2D eigenvalue weighted by Crippen LogP contribution is -2.56. The molecule has 1 aromatic heterocycles. The monoisotopic (exact) mass is 585 g/mol. The first-order chi connectivity index (χ1) is 18.2. The first-order valence-electron chi connectivity index (χ1n) is 12.8. The van der Waals surface area contributed by atoms with Crippen LogP contribution in [0.25, 0.3) is 0 Å². The van der Waals surface area contributed by atoms with E-state index in [2.05, 4.69) is 36.2 Å². The van der Waals surface area contributed by atoms with Crippen LogP contribution in [0.3, 0.4) is 0 Å². The lowest BCUT2D eigenvalue weighted by atomic mass is 10.0. The SMILES string of the molecule is CC.CC(C)(C)OC(=O)NC1CNCC(NC(=O)OC(C)(C)C)C1.Clc1nc(Cl)nc(Nc2ccccc2)n1. The fourth-order valence-corrected chi connectivity index (χ4v) is 3.51. The van der Waals surface area contributed by atoms with Gasteiger partial charge >= 0.3 is 12.2 Å². The molecule has 4 N–H and O–H groups in total. The first kappa shape index (κ1) is 34.1. The van der Waals surface area contributed by atoms with Crippen LogP contribution in [-0.4, -0.2) is 63.5 Å². The molecule has 1 aliphatic heterocycles. The molecular formula is C26H41Cl2N7O4. The fraction of sp³-hybridized carbons (Fsp3) is 0.577. The van der Waals surface area contributed by atoms with E-state index in [1.807, 2.05) is 85.7 Å². The minimum atomic E-state index is -0.527. The Balaban J connectivity index is 0.000000388. The number of halogens is 2. The maximum Gasteiger partial charge on any atom is 0.407 e. The van der Waals surface area contributed by atoms with Crippen molar-refractivity contribution < 1.29 is 19.1 Å². The maximum absolute atomic E-state index is 11.8. The Kier molecular flexibility index (Phi) is 14.2. The van der Waals surface area contributed by atoms with Crippen molar-refractivity contribution in [1.29, 1.82) is 0 Å². The number of rotatable bonds is 4. The van der Waals surface area contributed by atoms with Gasteiger partial charge in [0.2, 0.25) is 16.5 Å². The van der Waals surface area contributed by atoms with Crippen molar-refractivity contribution in [2.45, 2.75) is 85.1 Å². The minimum absolute atomic E-state index is 0.0634. The number of benzene rings is 1. The number of nitrogens with one attached hydrogen (secondary N) is 4. The minimum Gasteiger partial charge on any atom is -0.444 e. The van der Waals surface area contributed by atoms with Crippen LogP contribution in [0.2, 0.25) is 10.6 Å². The summed E-state index contributed by atoms with van der Waals surface area (Å²) in [5.74, 6) is 0.325. The van der Waals surface area contributed by atoms with Gasteiger partial charge in [-0.15, -0.1) is 0 Å². The van der Waals surface area contributed by atoms with Crippen LogP contribution in [0, 0.1) is 0 Å². The van der Waals surface area contributed by atoms with Crippen LogP contribution in [0.1, 0.15) is 61.8 Å². The van der Waals surface area contributed by atoms with Crippen molar-refractivity contribution in [3.63, 3.8) is 0 Å². The zero-order valence-electron chi connectivity index (χ0n) is 23.9. The Morgan fingerprint density at radius 1 is 0.821 bits per heavy atom. The quantitative estimate of drug-likeness (QED) is 0.355. The predicted molar refractivity (Wildman–Crippen MR) is 155 cm³/mol. The van der Waals surface area contributed by atoms with Gasteiger partial charge in [-0.05, 0) is 83.3 Å². The van der Waals surface area contributed by atoms with Crippen molar-refractivity contribution in [1.82, 2.24) is 30.9 Å². The molecule has 0 bridgehead atoms. The number of amides is 2. The van der Waals surface area contributed by atoms with Crippen molar-refractivity contribution in [3.8, 4) is 0 Å². The number of alkyl carbamates (subject to hydrolysis) is 2. The molecule has 0 spiro atoms. The lowest BCUT2D eigenvalue weighted by Gasteiger charge is -2.32. The van der Waals surface area contributed by atoms with Gasteiger partial charge in [0.25, 0.3) is 0 Å². The number of para-hydroxylation sites is 1. The van der Waals surface area contributed by atoms with Crippen LogP contribution in [0.4, 0.5) is 21.2 Å². The van der Waals surface area contributed by atoms with E-state index < -0.39 is 23.4 Å². The molecule has 1 fully saturated rings. The molecule has 2 atom stereocenters. The lowest BCUT2D eigenvalue weighted by molar-refractivity contribution is 0.0469. The summed E-state index contributed by atoms with van der Waals surface area (Å²) in [7, 11) is 0. The molecule has 2 amide bonds. The van der Waals surface area contributed by atoms with Crippen LogP contribution in [-0.2, 0) is 9.47 Å². The second-order valence-corrected chi connectivity index (χ2v) is 10.9. The molecule has 2 heterocycles. The number of hydrogen-bond donors (Lipinski definition) is 4. The van der Waals surface area contributed by atoms with Gasteiger partial charge in [0.1, 0.15) is 11.2 Å². The summed E-state index contributed by atoms with van der Waals surface area (Å²) in [5, 5.41) is 11.9. The number of ether oxygens (including phenoxy) is 2. The van der Waals surface area contributed by atoms with E-state index in [1.165, 1.54) is 0 Å². The van der Waals surface area contributed by atoms with E-state index >= 15 is 0 Å². The maximum atomic E-state index is 11.8. The first-order valence-corrected chi connectivity index (χ1v) is 13.5. The molecule has 0 saturated carbocycles. The average molecular weight is 587 g/mol. The summed E-state index contributed by atoms with van der Waals surface area (Å²) >= 11 is 11.3. The van der Waals surface area contributed by atoms with E-state index in [0.29, 0.717) is 25.5 Å². The third-order valence-corrected chi connectivity index (χ3v) is 4.74. The van der Waals surface area contributed by atoms with Gasteiger partial charge in [-0.3, -0.25) is 0 Å². The molecular weight excluding hydrogens is 545 g/mol. The van der Waals surface area contributed by atoms with Gasteiger partial charge in [0, 0.05) is 30.9 Å². The summed E-state index contributed by atoms with van der Waals surface area (Å²) < 4.78 is 10.5. The van der Waals surface area contributed by atoms with Crippen LogP contribution < -0.4 is 21.3 Å². The number of carbonyl (C=O) groups is 2.